The van der Waals surface area contributed by atoms with Crippen molar-refractivity contribution < 1.29 is 8.42 Å². The molecule has 1 saturated heterocycles. The first-order valence-electron chi connectivity index (χ1n) is 12.1. The van der Waals surface area contributed by atoms with Crippen molar-refractivity contribution in [2.24, 2.45) is 0 Å². The summed E-state index contributed by atoms with van der Waals surface area (Å²) in [6, 6.07) is 25.4. The maximum absolute atomic E-state index is 12.7. The number of hydrogen-bond acceptors (Lipinski definition) is 6. The van der Waals surface area contributed by atoms with Crippen molar-refractivity contribution in [2.45, 2.75) is 17.7 Å². The van der Waals surface area contributed by atoms with Crippen LogP contribution in [-0.2, 0) is 10.0 Å². The van der Waals surface area contributed by atoms with Gasteiger partial charge in [0.05, 0.1) is 9.60 Å². The van der Waals surface area contributed by atoms with Crippen molar-refractivity contribution in [1.82, 2.24) is 14.0 Å². The smallest absolute Gasteiger partial charge is 0.240 e. The van der Waals surface area contributed by atoms with E-state index in [9.17, 15) is 8.42 Å². The Morgan fingerprint density at radius 1 is 0.800 bits per heavy atom. The highest BCUT2D eigenvalue weighted by atomic mass is 32.2. The van der Waals surface area contributed by atoms with Gasteiger partial charge in [0.2, 0.25) is 10.0 Å². The van der Waals surface area contributed by atoms with Gasteiger partial charge in [-0.1, -0.05) is 54.6 Å². The van der Waals surface area contributed by atoms with E-state index in [1.165, 1.54) is 10.1 Å². The summed E-state index contributed by atoms with van der Waals surface area (Å²) >= 11 is 1.57. The standard InChI is InChI=1S/C27H30N4O2S2/c32-35(33,24-14-12-23(13-15-24)22-8-2-1-3-9-22)28-16-6-7-17-30-18-20-31(21-19-30)27-25-10-4-5-11-26(25)34-29-27/h1-5,8-15,28H,6-7,16-21H2. The summed E-state index contributed by atoms with van der Waals surface area (Å²) in [6.07, 6.45) is 1.79. The monoisotopic (exact) mass is 506 g/mol. The van der Waals surface area contributed by atoms with Crippen molar-refractivity contribution in [3.63, 3.8) is 0 Å². The molecule has 1 fully saturated rings. The fourth-order valence-electron chi connectivity index (χ4n) is 4.49. The number of aromatic nitrogens is 1. The van der Waals surface area contributed by atoms with E-state index in [0.29, 0.717) is 11.4 Å². The van der Waals surface area contributed by atoms with Crippen LogP contribution in [0.2, 0.25) is 0 Å². The Bertz CT molecular complexity index is 1350. The second kappa shape index (κ2) is 10.9. The average molecular weight is 507 g/mol. The summed E-state index contributed by atoms with van der Waals surface area (Å²) in [6.45, 7) is 5.39. The Morgan fingerprint density at radius 2 is 1.49 bits per heavy atom. The van der Waals surface area contributed by atoms with E-state index in [2.05, 4.69) is 43.2 Å². The number of piperazine rings is 1. The van der Waals surface area contributed by atoms with Gasteiger partial charge in [-0.3, -0.25) is 4.90 Å². The number of unbranched alkanes of at least 4 members (excludes halogenated alkanes) is 1. The molecular weight excluding hydrogens is 476 g/mol. The predicted octanol–water partition coefficient (Wildman–Crippen LogP) is 4.84. The van der Waals surface area contributed by atoms with Crippen LogP contribution in [0.3, 0.4) is 0 Å². The van der Waals surface area contributed by atoms with Crippen molar-refractivity contribution in [2.75, 3.05) is 44.2 Å². The average Bonchev–Trinajstić information content (AvgIpc) is 3.34. The zero-order chi connectivity index (χ0) is 24.1. The van der Waals surface area contributed by atoms with Crippen LogP contribution in [0.4, 0.5) is 5.82 Å². The number of anilines is 1. The molecule has 1 aromatic heterocycles. The summed E-state index contributed by atoms with van der Waals surface area (Å²) in [7, 11) is -3.49. The van der Waals surface area contributed by atoms with E-state index in [0.717, 1.165) is 62.5 Å². The summed E-state index contributed by atoms with van der Waals surface area (Å²) in [5, 5.41) is 1.24. The molecule has 182 valence electrons. The molecular formula is C27H30N4O2S2. The third-order valence-corrected chi connectivity index (χ3v) is 8.79. The molecule has 0 saturated carbocycles. The molecule has 0 atom stereocenters. The summed E-state index contributed by atoms with van der Waals surface area (Å²) in [4.78, 5) is 5.15. The largest absolute Gasteiger partial charge is 0.353 e. The fraction of sp³-hybridized carbons (Fsp3) is 0.296. The second-order valence-corrected chi connectivity index (χ2v) is 11.4. The molecule has 8 heteroatoms. The normalized spacial score (nSPS) is 15.0. The van der Waals surface area contributed by atoms with Gasteiger partial charge in [-0.2, -0.15) is 4.37 Å². The Morgan fingerprint density at radius 3 is 2.26 bits per heavy atom. The van der Waals surface area contributed by atoms with Crippen LogP contribution in [0, 0.1) is 0 Å². The molecule has 0 spiro atoms. The first-order valence-corrected chi connectivity index (χ1v) is 14.3. The highest BCUT2D eigenvalue weighted by Gasteiger charge is 2.20. The van der Waals surface area contributed by atoms with Gasteiger partial charge in [0.25, 0.3) is 0 Å². The molecule has 1 aliphatic rings. The maximum atomic E-state index is 12.7. The first-order chi connectivity index (χ1) is 17.1. The van der Waals surface area contributed by atoms with E-state index in [1.807, 2.05) is 42.5 Å². The number of sulfonamides is 1. The van der Waals surface area contributed by atoms with Gasteiger partial charge in [-0.25, -0.2) is 13.1 Å². The zero-order valence-electron chi connectivity index (χ0n) is 19.6. The van der Waals surface area contributed by atoms with Crippen LogP contribution >= 0.6 is 11.5 Å². The molecule has 3 aromatic carbocycles. The lowest BCUT2D eigenvalue weighted by atomic mass is 10.1. The third kappa shape index (κ3) is 5.73. The van der Waals surface area contributed by atoms with Gasteiger partial charge in [-0.05, 0) is 66.3 Å². The molecule has 1 aliphatic heterocycles. The van der Waals surface area contributed by atoms with Crippen LogP contribution in [-0.4, -0.2) is 57.0 Å². The van der Waals surface area contributed by atoms with Crippen LogP contribution in [0.15, 0.2) is 83.8 Å². The van der Waals surface area contributed by atoms with Gasteiger partial charge in [0.1, 0.15) is 5.82 Å². The molecule has 0 unspecified atom stereocenters. The van der Waals surface area contributed by atoms with Crippen molar-refractivity contribution in [3.05, 3.63) is 78.9 Å². The van der Waals surface area contributed by atoms with Gasteiger partial charge >= 0.3 is 0 Å². The Balaban J connectivity index is 1.04. The molecule has 35 heavy (non-hydrogen) atoms. The molecule has 0 aliphatic carbocycles. The molecule has 5 rings (SSSR count). The van der Waals surface area contributed by atoms with E-state index in [1.54, 1.807) is 23.7 Å². The Kier molecular flexibility index (Phi) is 7.43. The number of fused-ring (bicyclic) bond motifs is 1. The van der Waals surface area contributed by atoms with Crippen LogP contribution in [0.5, 0.6) is 0 Å². The summed E-state index contributed by atoms with van der Waals surface area (Å²) in [5.41, 5.74) is 2.08. The topological polar surface area (TPSA) is 65.5 Å². The van der Waals surface area contributed by atoms with Gasteiger partial charge in [0.15, 0.2) is 0 Å². The number of nitrogens with zero attached hydrogens (tertiary/aromatic N) is 3. The first kappa shape index (κ1) is 23.9. The Hall–Kier alpha value is -2.78. The third-order valence-electron chi connectivity index (χ3n) is 6.50. The number of rotatable bonds is 9. The lowest BCUT2D eigenvalue weighted by molar-refractivity contribution is 0.253. The second-order valence-electron chi connectivity index (χ2n) is 8.83. The van der Waals surface area contributed by atoms with Crippen molar-refractivity contribution >= 4 is 37.5 Å². The van der Waals surface area contributed by atoms with E-state index < -0.39 is 10.0 Å². The predicted molar refractivity (Wildman–Crippen MR) is 145 cm³/mol. The molecule has 6 nitrogen and oxygen atoms in total. The summed E-state index contributed by atoms with van der Waals surface area (Å²) < 4.78 is 34.0. The number of nitrogens with one attached hydrogen (secondary N) is 1. The van der Waals surface area contributed by atoms with Crippen LogP contribution in [0.1, 0.15) is 12.8 Å². The minimum atomic E-state index is -3.49. The highest BCUT2D eigenvalue weighted by Crippen LogP contribution is 2.29. The Labute approximate surface area is 211 Å². The number of hydrogen-bond donors (Lipinski definition) is 1. The van der Waals surface area contributed by atoms with Gasteiger partial charge < -0.3 is 4.90 Å². The van der Waals surface area contributed by atoms with Crippen LogP contribution < -0.4 is 9.62 Å². The molecule has 2 heterocycles. The summed E-state index contributed by atoms with van der Waals surface area (Å²) in [5.74, 6) is 1.11. The van der Waals surface area contributed by atoms with Crippen molar-refractivity contribution in [3.8, 4) is 11.1 Å². The molecule has 4 aromatic rings. The lowest BCUT2D eigenvalue weighted by Crippen LogP contribution is -2.46. The maximum Gasteiger partial charge on any atom is 0.240 e. The molecule has 0 radical (unpaired) electrons. The SMILES string of the molecule is O=S(=O)(NCCCCN1CCN(c2nsc3ccccc23)CC1)c1ccc(-c2ccccc2)cc1. The molecule has 0 amide bonds. The van der Waals surface area contributed by atoms with Crippen molar-refractivity contribution in [1.29, 1.82) is 0 Å². The molecule has 0 bridgehead atoms. The zero-order valence-corrected chi connectivity index (χ0v) is 21.3. The van der Waals surface area contributed by atoms with E-state index in [-0.39, 0.29) is 0 Å². The molecule has 1 N–H and O–H groups in total. The number of benzene rings is 3. The van der Waals surface area contributed by atoms with E-state index >= 15 is 0 Å². The lowest BCUT2D eigenvalue weighted by Gasteiger charge is -2.35. The minimum absolute atomic E-state index is 0.308. The highest BCUT2D eigenvalue weighted by molar-refractivity contribution is 7.89. The van der Waals surface area contributed by atoms with Gasteiger partial charge in [0, 0.05) is 38.1 Å². The quantitative estimate of drug-likeness (QED) is 0.329. The van der Waals surface area contributed by atoms with Crippen LogP contribution in [0.25, 0.3) is 21.2 Å². The van der Waals surface area contributed by atoms with E-state index in [4.69, 9.17) is 0 Å². The fourth-order valence-corrected chi connectivity index (χ4v) is 6.36. The van der Waals surface area contributed by atoms with Gasteiger partial charge in [-0.15, -0.1) is 0 Å². The minimum Gasteiger partial charge on any atom is -0.353 e.